The number of pyridine rings is 1. The summed E-state index contributed by atoms with van der Waals surface area (Å²) in [6, 6.07) is 12.2. The van der Waals surface area contributed by atoms with Crippen LogP contribution >= 0.6 is 0 Å². The molecule has 1 aliphatic rings. The molecule has 23 heavy (non-hydrogen) atoms. The van der Waals surface area contributed by atoms with E-state index in [0.717, 1.165) is 30.5 Å². The van der Waals surface area contributed by atoms with E-state index in [1.165, 1.54) is 24.0 Å². The summed E-state index contributed by atoms with van der Waals surface area (Å²) in [4.78, 5) is 12.6. The number of hydrogen-bond donors (Lipinski definition) is 0. The first-order valence-corrected chi connectivity index (χ1v) is 8.43. The van der Waals surface area contributed by atoms with E-state index >= 15 is 0 Å². The zero-order chi connectivity index (χ0) is 16.4. The fraction of sp³-hybridized carbons (Fsp3) is 0.400. The summed E-state index contributed by atoms with van der Waals surface area (Å²) in [5.41, 5.74) is 4.86. The Labute approximate surface area is 137 Å². The molecule has 1 atom stereocenters. The third-order valence-corrected chi connectivity index (χ3v) is 4.91. The van der Waals surface area contributed by atoms with Crippen LogP contribution in [0.1, 0.15) is 55.8 Å². The Morgan fingerprint density at radius 3 is 2.61 bits per heavy atom. The van der Waals surface area contributed by atoms with E-state index in [2.05, 4.69) is 25.1 Å². The summed E-state index contributed by atoms with van der Waals surface area (Å²) in [6.07, 6.45) is 5.63. The van der Waals surface area contributed by atoms with Crippen LogP contribution in [0.5, 0.6) is 0 Å². The Hall–Kier alpha value is -2.34. The van der Waals surface area contributed by atoms with Gasteiger partial charge >= 0.3 is 0 Å². The molecule has 1 heterocycles. The van der Waals surface area contributed by atoms with E-state index in [1.54, 1.807) is 10.6 Å². The Morgan fingerprint density at radius 1 is 1.17 bits per heavy atom. The number of aromatic nitrogens is 1. The van der Waals surface area contributed by atoms with Crippen molar-refractivity contribution in [2.45, 2.75) is 52.0 Å². The molecule has 1 aromatic carbocycles. The van der Waals surface area contributed by atoms with Gasteiger partial charge in [-0.15, -0.1) is 0 Å². The monoisotopic (exact) mass is 306 g/mol. The standard InChI is InChI=1S/C20H22N2O/c1-3-14(2)22-19(11-10-18(13-21)20(22)23)17-9-8-15-6-4-5-7-16(15)12-17/h8-12,14H,3-7H2,1-2H3. The fourth-order valence-corrected chi connectivity index (χ4v) is 3.39. The third-order valence-electron chi connectivity index (χ3n) is 4.91. The molecule has 0 saturated heterocycles. The summed E-state index contributed by atoms with van der Waals surface area (Å²) >= 11 is 0. The number of benzene rings is 1. The highest BCUT2D eigenvalue weighted by molar-refractivity contribution is 5.63. The van der Waals surface area contributed by atoms with Gasteiger partial charge in [-0.1, -0.05) is 19.1 Å². The molecule has 1 unspecified atom stereocenters. The van der Waals surface area contributed by atoms with Crippen molar-refractivity contribution in [3.8, 4) is 17.3 Å². The van der Waals surface area contributed by atoms with Crippen molar-refractivity contribution >= 4 is 0 Å². The second-order valence-corrected chi connectivity index (χ2v) is 6.37. The molecule has 0 spiro atoms. The highest BCUT2D eigenvalue weighted by Crippen LogP contribution is 2.28. The van der Waals surface area contributed by atoms with Crippen LogP contribution in [0.4, 0.5) is 0 Å². The van der Waals surface area contributed by atoms with Gasteiger partial charge in [0.1, 0.15) is 11.6 Å². The van der Waals surface area contributed by atoms with Crippen LogP contribution in [0.2, 0.25) is 0 Å². The largest absolute Gasteiger partial charge is 0.304 e. The van der Waals surface area contributed by atoms with E-state index < -0.39 is 0 Å². The SMILES string of the molecule is CCC(C)n1c(-c2ccc3c(c2)CCCC3)ccc(C#N)c1=O. The Balaban J connectivity index is 2.18. The number of nitriles is 1. The van der Waals surface area contributed by atoms with Gasteiger partial charge in [0.15, 0.2) is 0 Å². The van der Waals surface area contributed by atoms with E-state index in [4.69, 9.17) is 5.26 Å². The second-order valence-electron chi connectivity index (χ2n) is 6.37. The minimum absolute atomic E-state index is 0.0711. The summed E-state index contributed by atoms with van der Waals surface area (Å²) in [5, 5.41) is 9.15. The lowest BCUT2D eigenvalue weighted by molar-refractivity contribution is 0.519. The summed E-state index contributed by atoms with van der Waals surface area (Å²) < 4.78 is 1.78. The van der Waals surface area contributed by atoms with Crippen molar-refractivity contribution < 1.29 is 0 Å². The molecule has 0 radical (unpaired) electrons. The fourth-order valence-electron chi connectivity index (χ4n) is 3.39. The van der Waals surface area contributed by atoms with Crippen LogP contribution in [0.15, 0.2) is 35.1 Å². The van der Waals surface area contributed by atoms with Gasteiger partial charge in [0.25, 0.3) is 5.56 Å². The van der Waals surface area contributed by atoms with E-state index in [9.17, 15) is 4.79 Å². The van der Waals surface area contributed by atoms with Crippen LogP contribution in [0.3, 0.4) is 0 Å². The lowest BCUT2D eigenvalue weighted by atomic mass is 9.89. The zero-order valence-corrected chi connectivity index (χ0v) is 13.8. The topological polar surface area (TPSA) is 45.8 Å². The molecule has 118 valence electrons. The number of nitrogens with zero attached hydrogens (tertiary/aromatic N) is 2. The van der Waals surface area contributed by atoms with Crippen molar-refractivity contribution in [2.75, 3.05) is 0 Å². The quantitative estimate of drug-likeness (QED) is 0.851. The highest BCUT2D eigenvalue weighted by atomic mass is 16.1. The van der Waals surface area contributed by atoms with Crippen LogP contribution in [-0.2, 0) is 12.8 Å². The Kier molecular flexibility index (Phi) is 4.34. The van der Waals surface area contributed by atoms with Crippen LogP contribution in [0.25, 0.3) is 11.3 Å². The molecule has 1 aliphatic carbocycles. The third kappa shape index (κ3) is 2.82. The van der Waals surface area contributed by atoms with Gasteiger partial charge < -0.3 is 4.57 Å². The van der Waals surface area contributed by atoms with Crippen molar-refractivity contribution in [3.05, 3.63) is 57.4 Å². The molecule has 1 aromatic heterocycles. The summed E-state index contributed by atoms with van der Waals surface area (Å²) in [6.45, 7) is 4.09. The first kappa shape index (κ1) is 15.6. The van der Waals surface area contributed by atoms with Crippen molar-refractivity contribution in [2.24, 2.45) is 0 Å². The number of aryl methyl sites for hydroxylation is 2. The molecule has 2 aromatic rings. The smallest absolute Gasteiger partial charge is 0.269 e. The maximum atomic E-state index is 12.6. The summed E-state index contributed by atoms with van der Waals surface area (Å²) in [5.74, 6) is 0. The van der Waals surface area contributed by atoms with Gasteiger partial charge in [-0.05, 0) is 73.9 Å². The van der Waals surface area contributed by atoms with E-state index in [1.807, 2.05) is 19.1 Å². The normalized spacial score (nSPS) is 14.8. The first-order valence-electron chi connectivity index (χ1n) is 8.43. The number of hydrogen-bond acceptors (Lipinski definition) is 2. The molecule has 3 heteroatoms. The predicted octanol–water partition coefficient (Wildman–Crippen LogP) is 4.24. The molecular formula is C20H22N2O. The predicted molar refractivity (Wildman–Crippen MR) is 92.5 cm³/mol. The van der Waals surface area contributed by atoms with Gasteiger partial charge in [0, 0.05) is 6.04 Å². The molecule has 0 fully saturated rings. The van der Waals surface area contributed by atoms with Crippen molar-refractivity contribution in [1.82, 2.24) is 4.57 Å². The molecule has 0 bridgehead atoms. The van der Waals surface area contributed by atoms with Crippen molar-refractivity contribution in [3.63, 3.8) is 0 Å². The average Bonchev–Trinajstić information content (AvgIpc) is 2.60. The maximum Gasteiger partial charge on any atom is 0.269 e. The molecule has 3 nitrogen and oxygen atoms in total. The zero-order valence-electron chi connectivity index (χ0n) is 13.8. The molecule has 0 N–H and O–H groups in total. The second kappa shape index (κ2) is 6.42. The minimum Gasteiger partial charge on any atom is -0.304 e. The lowest BCUT2D eigenvalue weighted by Crippen LogP contribution is -2.26. The average molecular weight is 306 g/mol. The molecular weight excluding hydrogens is 284 g/mol. The van der Waals surface area contributed by atoms with Gasteiger partial charge in [-0.25, -0.2) is 0 Å². The van der Waals surface area contributed by atoms with Crippen LogP contribution in [0, 0.1) is 11.3 Å². The van der Waals surface area contributed by atoms with E-state index in [0.29, 0.717) is 0 Å². The molecule has 0 amide bonds. The van der Waals surface area contributed by atoms with Crippen molar-refractivity contribution in [1.29, 1.82) is 5.26 Å². The van der Waals surface area contributed by atoms with Gasteiger partial charge in [-0.3, -0.25) is 4.79 Å². The van der Waals surface area contributed by atoms with Gasteiger partial charge in [-0.2, -0.15) is 5.26 Å². The summed E-state index contributed by atoms with van der Waals surface area (Å²) in [7, 11) is 0. The molecule has 0 aliphatic heterocycles. The number of fused-ring (bicyclic) bond motifs is 1. The maximum absolute atomic E-state index is 12.6. The Morgan fingerprint density at radius 2 is 1.91 bits per heavy atom. The highest BCUT2D eigenvalue weighted by Gasteiger charge is 2.16. The Bertz CT molecular complexity index is 827. The van der Waals surface area contributed by atoms with E-state index in [-0.39, 0.29) is 17.2 Å². The minimum atomic E-state index is -0.183. The van der Waals surface area contributed by atoms with Gasteiger partial charge in [0.05, 0.1) is 5.69 Å². The number of rotatable bonds is 3. The van der Waals surface area contributed by atoms with Gasteiger partial charge in [0.2, 0.25) is 0 Å². The first-order chi connectivity index (χ1) is 11.2. The molecule has 3 rings (SSSR count). The van der Waals surface area contributed by atoms with Crippen LogP contribution < -0.4 is 5.56 Å². The van der Waals surface area contributed by atoms with Crippen LogP contribution in [-0.4, -0.2) is 4.57 Å². The molecule has 0 saturated carbocycles. The lowest BCUT2D eigenvalue weighted by Gasteiger charge is -2.21.